The number of carboxylic acid groups (broad SMARTS) is 1. The number of nitrogens with one attached hydrogen (secondary N) is 2. The molecule has 1 unspecified atom stereocenters. The van der Waals surface area contributed by atoms with Crippen LogP contribution in [-0.4, -0.2) is 23.5 Å². The maximum atomic E-state index is 11.6. The van der Waals surface area contributed by atoms with Gasteiger partial charge >= 0.3 is 5.97 Å². The Balaban J connectivity index is 2.22. The molecule has 0 aliphatic carbocycles. The van der Waals surface area contributed by atoms with E-state index in [1.54, 1.807) is 12.1 Å². The summed E-state index contributed by atoms with van der Waals surface area (Å²) in [5, 5.41) is 13.9. The number of halogens is 1. The SMILES string of the molecule is O=C(O)CNC1C(=O)Nc2cc(Br)ccc21. The summed E-state index contributed by atoms with van der Waals surface area (Å²) in [4.78, 5) is 22.0. The average molecular weight is 285 g/mol. The van der Waals surface area contributed by atoms with Gasteiger partial charge in [0.25, 0.3) is 0 Å². The minimum atomic E-state index is -0.988. The first kappa shape index (κ1) is 11.1. The molecule has 1 aromatic carbocycles. The van der Waals surface area contributed by atoms with E-state index in [2.05, 4.69) is 26.6 Å². The first-order chi connectivity index (χ1) is 7.58. The van der Waals surface area contributed by atoms with Crippen LogP contribution < -0.4 is 10.6 Å². The predicted molar refractivity (Wildman–Crippen MR) is 61.2 cm³/mol. The molecule has 84 valence electrons. The van der Waals surface area contributed by atoms with Gasteiger partial charge in [-0.2, -0.15) is 0 Å². The molecule has 0 saturated carbocycles. The predicted octanol–water partition coefficient (Wildman–Crippen LogP) is 1.12. The quantitative estimate of drug-likeness (QED) is 0.777. The summed E-state index contributed by atoms with van der Waals surface area (Å²) in [5.41, 5.74) is 1.48. The van der Waals surface area contributed by atoms with Crippen LogP contribution in [0, 0.1) is 0 Å². The fourth-order valence-corrected chi connectivity index (χ4v) is 1.99. The van der Waals surface area contributed by atoms with Crippen LogP contribution in [0.15, 0.2) is 22.7 Å². The number of carboxylic acids is 1. The summed E-state index contributed by atoms with van der Waals surface area (Å²) in [6.45, 7) is -0.242. The molecule has 0 fully saturated rings. The first-order valence-corrected chi connectivity index (χ1v) is 5.43. The van der Waals surface area contributed by atoms with Crippen molar-refractivity contribution < 1.29 is 14.7 Å². The van der Waals surface area contributed by atoms with Crippen LogP contribution in [0.25, 0.3) is 0 Å². The second-order valence-corrected chi connectivity index (χ2v) is 4.34. The second kappa shape index (κ2) is 4.23. The zero-order chi connectivity index (χ0) is 11.7. The number of anilines is 1. The van der Waals surface area contributed by atoms with E-state index < -0.39 is 12.0 Å². The summed E-state index contributed by atoms with van der Waals surface area (Å²) in [6, 6.07) is 4.81. The fraction of sp³-hybridized carbons (Fsp3) is 0.200. The van der Waals surface area contributed by atoms with Crippen molar-refractivity contribution in [3.8, 4) is 0 Å². The molecule has 6 heteroatoms. The van der Waals surface area contributed by atoms with Crippen molar-refractivity contribution in [1.29, 1.82) is 0 Å². The smallest absolute Gasteiger partial charge is 0.317 e. The molecule has 0 radical (unpaired) electrons. The van der Waals surface area contributed by atoms with Gasteiger partial charge in [-0.1, -0.05) is 22.0 Å². The summed E-state index contributed by atoms with van der Waals surface area (Å²) in [7, 11) is 0. The van der Waals surface area contributed by atoms with Crippen molar-refractivity contribution in [3.05, 3.63) is 28.2 Å². The molecule has 1 aliphatic rings. The normalized spacial score (nSPS) is 18.1. The van der Waals surface area contributed by atoms with Gasteiger partial charge < -0.3 is 10.4 Å². The zero-order valence-electron chi connectivity index (χ0n) is 8.16. The van der Waals surface area contributed by atoms with E-state index in [1.807, 2.05) is 6.07 Å². The van der Waals surface area contributed by atoms with Gasteiger partial charge in [-0.25, -0.2) is 0 Å². The van der Waals surface area contributed by atoms with Crippen molar-refractivity contribution in [1.82, 2.24) is 5.32 Å². The third-order valence-corrected chi connectivity index (χ3v) is 2.80. The summed E-state index contributed by atoms with van der Waals surface area (Å²) < 4.78 is 0.866. The molecule has 3 N–H and O–H groups in total. The van der Waals surface area contributed by atoms with Gasteiger partial charge in [0.15, 0.2) is 0 Å². The highest BCUT2D eigenvalue weighted by atomic mass is 79.9. The number of aliphatic carboxylic acids is 1. The highest BCUT2D eigenvalue weighted by Gasteiger charge is 2.30. The molecule has 0 saturated heterocycles. The molecule has 1 heterocycles. The molecule has 0 bridgehead atoms. The molecule has 16 heavy (non-hydrogen) atoms. The van der Waals surface area contributed by atoms with Crippen LogP contribution in [0.4, 0.5) is 5.69 Å². The van der Waals surface area contributed by atoms with Crippen LogP contribution in [0.5, 0.6) is 0 Å². The van der Waals surface area contributed by atoms with Gasteiger partial charge in [-0.3, -0.25) is 14.9 Å². The average Bonchev–Trinajstić information content (AvgIpc) is 2.50. The molecule has 0 aromatic heterocycles. The first-order valence-electron chi connectivity index (χ1n) is 4.63. The van der Waals surface area contributed by atoms with Gasteiger partial charge in [0, 0.05) is 15.7 Å². The van der Waals surface area contributed by atoms with E-state index in [1.165, 1.54) is 0 Å². The van der Waals surface area contributed by atoms with Crippen molar-refractivity contribution in [2.45, 2.75) is 6.04 Å². The third kappa shape index (κ3) is 2.07. The fourth-order valence-electron chi connectivity index (χ4n) is 1.63. The maximum Gasteiger partial charge on any atom is 0.317 e. The largest absolute Gasteiger partial charge is 0.480 e. The van der Waals surface area contributed by atoms with Crippen LogP contribution in [0.2, 0.25) is 0 Å². The number of fused-ring (bicyclic) bond motifs is 1. The molecule has 2 rings (SSSR count). The molecule has 1 amide bonds. The van der Waals surface area contributed by atoms with E-state index >= 15 is 0 Å². The van der Waals surface area contributed by atoms with Crippen LogP contribution >= 0.6 is 15.9 Å². The molecule has 1 aliphatic heterocycles. The van der Waals surface area contributed by atoms with Crippen molar-refractivity contribution >= 4 is 33.5 Å². The Bertz CT molecular complexity index is 461. The Kier molecular flexibility index (Phi) is 2.93. The molecular weight excluding hydrogens is 276 g/mol. The number of hydrogen-bond donors (Lipinski definition) is 3. The van der Waals surface area contributed by atoms with Crippen LogP contribution in [-0.2, 0) is 9.59 Å². The Hall–Kier alpha value is -1.40. The standard InChI is InChI=1S/C10H9BrN2O3/c11-5-1-2-6-7(3-5)13-10(16)9(6)12-4-8(14)15/h1-3,9,12H,4H2,(H,13,16)(H,14,15). The molecule has 5 nitrogen and oxygen atoms in total. The van der Waals surface area contributed by atoms with E-state index in [0.717, 1.165) is 10.0 Å². The maximum absolute atomic E-state index is 11.6. The summed E-state index contributed by atoms with van der Waals surface area (Å²) in [6.07, 6.45) is 0. The summed E-state index contributed by atoms with van der Waals surface area (Å²) in [5.74, 6) is -1.22. The van der Waals surface area contributed by atoms with Crippen LogP contribution in [0.1, 0.15) is 11.6 Å². The minimum Gasteiger partial charge on any atom is -0.480 e. The molecule has 1 aromatic rings. The molecule has 0 spiro atoms. The highest BCUT2D eigenvalue weighted by Crippen LogP contribution is 2.32. The van der Waals surface area contributed by atoms with Gasteiger partial charge in [0.1, 0.15) is 6.04 Å². The lowest BCUT2D eigenvalue weighted by Gasteiger charge is -2.08. The van der Waals surface area contributed by atoms with Gasteiger partial charge in [0.05, 0.1) is 6.54 Å². The van der Waals surface area contributed by atoms with Gasteiger partial charge in [-0.05, 0) is 12.1 Å². The topological polar surface area (TPSA) is 78.4 Å². The lowest BCUT2D eigenvalue weighted by molar-refractivity contribution is -0.136. The van der Waals surface area contributed by atoms with E-state index in [-0.39, 0.29) is 12.5 Å². The van der Waals surface area contributed by atoms with Crippen molar-refractivity contribution in [3.63, 3.8) is 0 Å². The number of amides is 1. The second-order valence-electron chi connectivity index (χ2n) is 3.43. The Morgan fingerprint density at radius 3 is 3.00 bits per heavy atom. The molecule has 1 atom stereocenters. The van der Waals surface area contributed by atoms with E-state index in [0.29, 0.717) is 5.69 Å². The Labute approximate surface area is 100.0 Å². The number of carbonyl (C=O) groups excluding carboxylic acids is 1. The monoisotopic (exact) mass is 284 g/mol. The lowest BCUT2D eigenvalue weighted by atomic mass is 10.1. The lowest BCUT2D eigenvalue weighted by Crippen LogP contribution is -2.31. The highest BCUT2D eigenvalue weighted by molar-refractivity contribution is 9.10. The van der Waals surface area contributed by atoms with Gasteiger partial charge in [0.2, 0.25) is 5.91 Å². The van der Waals surface area contributed by atoms with Crippen LogP contribution in [0.3, 0.4) is 0 Å². The third-order valence-electron chi connectivity index (χ3n) is 2.30. The number of rotatable bonds is 3. The van der Waals surface area contributed by atoms with E-state index in [4.69, 9.17) is 5.11 Å². The zero-order valence-corrected chi connectivity index (χ0v) is 9.74. The van der Waals surface area contributed by atoms with Crippen molar-refractivity contribution in [2.24, 2.45) is 0 Å². The summed E-state index contributed by atoms with van der Waals surface area (Å²) >= 11 is 3.30. The number of benzene rings is 1. The van der Waals surface area contributed by atoms with E-state index in [9.17, 15) is 9.59 Å². The number of carbonyl (C=O) groups is 2. The Morgan fingerprint density at radius 1 is 1.56 bits per heavy atom. The Morgan fingerprint density at radius 2 is 2.31 bits per heavy atom. The number of hydrogen-bond acceptors (Lipinski definition) is 3. The van der Waals surface area contributed by atoms with Crippen molar-refractivity contribution in [2.75, 3.05) is 11.9 Å². The molecular formula is C10H9BrN2O3. The minimum absolute atomic E-state index is 0.227. The van der Waals surface area contributed by atoms with Gasteiger partial charge in [-0.15, -0.1) is 0 Å².